The molecule has 7 nitrogen and oxygen atoms in total. The van der Waals surface area contributed by atoms with Gasteiger partial charge in [0.15, 0.2) is 0 Å². The summed E-state index contributed by atoms with van der Waals surface area (Å²) in [6, 6.07) is 4.62. The van der Waals surface area contributed by atoms with Gasteiger partial charge in [-0.25, -0.2) is 17.9 Å². The third kappa shape index (κ3) is 5.90. The first-order valence-electron chi connectivity index (χ1n) is 6.65. The van der Waals surface area contributed by atoms with E-state index in [0.29, 0.717) is 12.2 Å². The summed E-state index contributed by atoms with van der Waals surface area (Å²) in [5.74, 6) is -0.592. The summed E-state index contributed by atoms with van der Waals surface area (Å²) in [6.07, 6.45) is 1.66. The topological polar surface area (TPSA) is 104 Å². The number of alkyl halides is 1. The van der Waals surface area contributed by atoms with Crippen LogP contribution >= 0.6 is 11.6 Å². The van der Waals surface area contributed by atoms with Crippen molar-refractivity contribution in [3.8, 4) is 0 Å². The molecular weight excluding hydrogens is 330 g/mol. The minimum absolute atomic E-state index is 0.0815. The Kier molecular flexibility index (Phi) is 7.13. The molecule has 0 atom stereocenters. The van der Waals surface area contributed by atoms with Gasteiger partial charge in [-0.3, -0.25) is 4.79 Å². The molecule has 1 aromatic rings. The highest BCUT2D eigenvalue weighted by atomic mass is 35.5. The van der Waals surface area contributed by atoms with Crippen LogP contribution in [0.2, 0.25) is 0 Å². The number of rotatable bonds is 7. The number of nitrogens with one attached hydrogen (secondary N) is 3. The lowest BCUT2D eigenvalue weighted by Crippen LogP contribution is -2.39. The Morgan fingerprint density at radius 2 is 1.82 bits per heavy atom. The van der Waals surface area contributed by atoms with Crippen molar-refractivity contribution in [1.29, 1.82) is 0 Å². The monoisotopic (exact) mass is 347 g/mol. The van der Waals surface area contributed by atoms with Crippen molar-refractivity contribution >= 4 is 39.2 Å². The minimum atomic E-state index is -3.95. The van der Waals surface area contributed by atoms with E-state index in [0.717, 1.165) is 12.8 Å². The molecule has 0 spiro atoms. The Balaban J connectivity index is 2.69. The van der Waals surface area contributed by atoms with Crippen LogP contribution in [0.1, 0.15) is 19.8 Å². The first-order valence-corrected chi connectivity index (χ1v) is 8.67. The summed E-state index contributed by atoms with van der Waals surface area (Å²) in [7, 11) is -3.95. The molecule has 0 aliphatic heterocycles. The molecule has 0 fully saturated rings. The van der Waals surface area contributed by atoms with E-state index in [2.05, 4.69) is 10.6 Å². The molecule has 122 valence electrons. The van der Waals surface area contributed by atoms with Gasteiger partial charge in [0.1, 0.15) is 5.88 Å². The van der Waals surface area contributed by atoms with Gasteiger partial charge in [-0.1, -0.05) is 13.3 Å². The molecule has 0 aromatic heterocycles. The normalized spacial score (nSPS) is 10.8. The smallest absolute Gasteiger partial charge is 0.328 e. The van der Waals surface area contributed by atoms with Gasteiger partial charge < -0.3 is 10.6 Å². The summed E-state index contributed by atoms with van der Waals surface area (Å²) in [4.78, 5) is 22.5. The van der Waals surface area contributed by atoms with E-state index < -0.39 is 22.0 Å². The van der Waals surface area contributed by atoms with Gasteiger partial charge in [-0.05, 0) is 30.7 Å². The van der Waals surface area contributed by atoms with E-state index in [-0.39, 0.29) is 10.8 Å². The molecule has 0 radical (unpaired) electrons. The number of anilines is 1. The average Bonchev–Trinajstić information content (AvgIpc) is 2.47. The lowest BCUT2D eigenvalue weighted by Gasteiger charge is -2.09. The Labute approximate surface area is 134 Å². The summed E-state index contributed by atoms with van der Waals surface area (Å²) in [6.45, 7) is 2.36. The van der Waals surface area contributed by atoms with Crippen molar-refractivity contribution in [3.63, 3.8) is 0 Å². The fraction of sp³-hybridized carbons (Fsp3) is 0.385. The van der Waals surface area contributed by atoms with Crippen LogP contribution in [0.5, 0.6) is 0 Å². The predicted molar refractivity (Wildman–Crippen MR) is 84.4 cm³/mol. The first-order chi connectivity index (χ1) is 10.4. The third-order valence-electron chi connectivity index (χ3n) is 2.61. The second-order valence-electron chi connectivity index (χ2n) is 4.42. The fourth-order valence-electron chi connectivity index (χ4n) is 1.51. The maximum atomic E-state index is 12.0. The molecule has 0 saturated carbocycles. The second-order valence-corrected chi connectivity index (χ2v) is 6.37. The van der Waals surface area contributed by atoms with E-state index in [1.165, 1.54) is 24.3 Å². The molecule has 0 saturated heterocycles. The maximum Gasteiger partial charge on any atom is 0.328 e. The molecule has 0 aliphatic carbocycles. The number of carbonyl (C=O) groups is 2. The van der Waals surface area contributed by atoms with E-state index in [9.17, 15) is 18.0 Å². The van der Waals surface area contributed by atoms with Gasteiger partial charge in [-0.2, -0.15) is 0 Å². The molecule has 1 aromatic carbocycles. The van der Waals surface area contributed by atoms with Crippen LogP contribution in [0, 0.1) is 0 Å². The van der Waals surface area contributed by atoms with Crippen LogP contribution in [0.4, 0.5) is 10.5 Å². The van der Waals surface area contributed by atoms with Crippen molar-refractivity contribution < 1.29 is 18.0 Å². The number of benzene rings is 1. The highest BCUT2D eigenvalue weighted by molar-refractivity contribution is 7.90. The maximum absolute atomic E-state index is 12.0. The van der Waals surface area contributed by atoms with Gasteiger partial charge in [0.05, 0.1) is 4.90 Å². The Morgan fingerprint density at radius 3 is 2.36 bits per heavy atom. The summed E-state index contributed by atoms with van der Waals surface area (Å²) in [5.41, 5.74) is 0.414. The van der Waals surface area contributed by atoms with Crippen molar-refractivity contribution in [2.45, 2.75) is 24.7 Å². The quantitative estimate of drug-likeness (QED) is 0.515. The van der Waals surface area contributed by atoms with Crippen molar-refractivity contribution in [3.05, 3.63) is 24.3 Å². The number of halogens is 1. The molecule has 0 aliphatic rings. The molecule has 3 amide bonds. The predicted octanol–water partition coefficient (Wildman–Crippen LogP) is 1.65. The summed E-state index contributed by atoms with van der Waals surface area (Å²) >= 11 is 5.35. The Bertz CT molecular complexity index is 617. The molecule has 1 rings (SSSR count). The molecule has 0 heterocycles. The van der Waals surface area contributed by atoms with Crippen LogP contribution in [0.25, 0.3) is 0 Å². The minimum Gasteiger partial charge on any atom is -0.337 e. The van der Waals surface area contributed by atoms with E-state index >= 15 is 0 Å². The van der Waals surface area contributed by atoms with Crippen molar-refractivity contribution in [2.75, 3.05) is 17.7 Å². The molecular formula is C13H18ClN3O4S. The van der Waals surface area contributed by atoms with E-state index in [1.807, 2.05) is 11.6 Å². The molecule has 9 heteroatoms. The lowest BCUT2D eigenvalue weighted by molar-refractivity contribution is -0.113. The number of sulfonamides is 1. The van der Waals surface area contributed by atoms with Crippen molar-refractivity contribution in [2.24, 2.45) is 0 Å². The number of hydrogen-bond donors (Lipinski definition) is 3. The van der Waals surface area contributed by atoms with Crippen LogP contribution in [-0.4, -0.2) is 32.8 Å². The molecule has 22 heavy (non-hydrogen) atoms. The largest absolute Gasteiger partial charge is 0.337 e. The van der Waals surface area contributed by atoms with Crippen LogP contribution < -0.4 is 15.4 Å². The number of hydrogen-bond acceptors (Lipinski definition) is 4. The summed E-state index contributed by atoms with van der Waals surface area (Å²) < 4.78 is 25.9. The summed E-state index contributed by atoms with van der Waals surface area (Å²) in [5, 5.41) is 4.93. The Hall–Kier alpha value is -1.80. The third-order valence-corrected chi connectivity index (χ3v) is 4.20. The zero-order valence-corrected chi connectivity index (χ0v) is 13.6. The Morgan fingerprint density at radius 1 is 1.18 bits per heavy atom. The molecule has 0 bridgehead atoms. The SMILES string of the molecule is CCCCNC(=O)NS(=O)(=O)c1ccc(NC(=O)CCl)cc1. The zero-order chi connectivity index (χ0) is 16.6. The van der Waals surface area contributed by atoms with Gasteiger partial charge in [-0.15, -0.1) is 11.6 Å². The zero-order valence-electron chi connectivity index (χ0n) is 12.1. The first kappa shape index (κ1) is 18.2. The number of carbonyl (C=O) groups excluding carboxylic acids is 2. The number of unbranched alkanes of at least 4 members (excludes halogenated alkanes) is 1. The number of amides is 3. The van der Waals surface area contributed by atoms with E-state index in [4.69, 9.17) is 11.6 Å². The highest BCUT2D eigenvalue weighted by Crippen LogP contribution is 2.14. The molecule has 3 N–H and O–H groups in total. The van der Waals surface area contributed by atoms with Gasteiger partial charge >= 0.3 is 6.03 Å². The highest BCUT2D eigenvalue weighted by Gasteiger charge is 2.17. The van der Waals surface area contributed by atoms with E-state index in [1.54, 1.807) is 0 Å². The standard InChI is InChI=1S/C13H18ClN3O4S/c1-2-3-8-15-13(19)17-22(20,21)11-6-4-10(5-7-11)16-12(18)9-14/h4-7H,2-3,8-9H2,1H3,(H,16,18)(H2,15,17,19). The van der Waals surface area contributed by atoms with Crippen molar-refractivity contribution in [1.82, 2.24) is 10.0 Å². The average molecular weight is 348 g/mol. The fourth-order valence-corrected chi connectivity index (χ4v) is 2.50. The molecule has 0 unspecified atom stereocenters. The van der Waals surface area contributed by atoms with Gasteiger partial charge in [0.2, 0.25) is 5.91 Å². The van der Waals surface area contributed by atoms with Crippen LogP contribution in [0.3, 0.4) is 0 Å². The van der Waals surface area contributed by atoms with Gasteiger partial charge in [0, 0.05) is 12.2 Å². The second kappa shape index (κ2) is 8.60. The van der Waals surface area contributed by atoms with Gasteiger partial charge in [0.25, 0.3) is 10.0 Å². The number of urea groups is 1. The lowest BCUT2D eigenvalue weighted by atomic mass is 10.3. The van der Waals surface area contributed by atoms with Crippen LogP contribution in [-0.2, 0) is 14.8 Å². The van der Waals surface area contributed by atoms with Crippen LogP contribution in [0.15, 0.2) is 29.2 Å².